The van der Waals surface area contributed by atoms with Crippen LogP contribution in [0.3, 0.4) is 0 Å². The standard InChI is InChI=1S/C18H23N3O3/c1-12-7-3-4-9-14(12)19-15(22)11-21-16(23)18(20-17(21)24)10-6-5-8-13(18)2/h3-4,7,9,13H,5-6,8,10-11H2,1-2H3,(H,19,22)(H,20,24)/t13-,18+/m1/s1. The van der Waals surface area contributed by atoms with Gasteiger partial charge in [0, 0.05) is 5.69 Å². The Hall–Kier alpha value is -2.37. The second-order valence-electron chi connectivity index (χ2n) is 6.80. The number of nitrogens with one attached hydrogen (secondary N) is 2. The second kappa shape index (κ2) is 6.26. The van der Waals surface area contributed by atoms with Gasteiger partial charge in [-0.2, -0.15) is 0 Å². The third kappa shape index (κ3) is 2.77. The van der Waals surface area contributed by atoms with Crippen molar-refractivity contribution in [1.82, 2.24) is 10.2 Å². The minimum atomic E-state index is -0.821. The summed E-state index contributed by atoms with van der Waals surface area (Å²) in [6.07, 6.45) is 3.55. The minimum absolute atomic E-state index is 0.0899. The zero-order valence-electron chi connectivity index (χ0n) is 14.1. The van der Waals surface area contributed by atoms with E-state index in [9.17, 15) is 14.4 Å². The summed E-state index contributed by atoms with van der Waals surface area (Å²) in [6, 6.07) is 6.94. The zero-order chi connectivity index (χ0) is 17.3. The van der Waals surface area contributed by atoms with Crippen LogP contribution in [0.2, 0.25) is 0 Å². The molecular weight excluding hydrogens is 306 g/mol. The predicted molar refractivity (Wildman–Crippen MR) is 90.4 cm³/mol. The summed E-state index contributed by atoms with van der Waals surface area (Å²) in [5.41, 5.74) is 0.800. The molecule has 1 aliphatic carbocycles. The number of rotatable bonds is 3. The summed E-state index contributed by atoms with van der Waals surface area (Å²) in [4.78, 5) is 38.4. The molecule has 1 heterocycles. The van der Waals surface area contributed by atoms with Gasteiger partial charge in [-0.05, 0) is 37.3 Å². The van der Waals surface area contributed by atoms with Crippen molar-refractivity contribution in [3.05, 3.63) is 29.8 Å². The van der Waals surface area contributed by atoms with E-state index < -0.39 is 11.6 Å². The van der Waals surface area contributed by atoms with Crippen molar-refractivity contribution < 1.29 is 14.4 Å². The molecule has 4 amide bonds. The third-order valence-corrected chi connectivity index (χ3v) is 5.22. The molecule has 2 atom stereocenters. The van der Waals surface area contributed by atoms with E-state index in [2.05, 4.69) is 10.6 Å². The highest BCUT2D eigenvalue weighted by Gasteiger charge is 2.55. The topological polar surface area (TPSA) is 78.5 Å². The molecule has 2 aliphatic rings. The lowest BCUT2D eigenvalue weighted by atomic mass is 9.73. The number of benzene rings is 1. The van der Waals surface area contributed by atoms with Gasteiger partial charge < -0.3 is 10.6 Å². The molecule has 2 N–H and O–H groups in total. The van der Waals surface area contributed by atoms with Crippen molar-refractivity contribution in [2.75, 3.05) is 11.9 Å². The van der Waals surface area contributed by atoms with Crippen LogP contribution in [0.15, 0.2) is 24.3 Å². The molecule has 1 saturated carbocycles. The third-order valence-electron chi connectivity index (χ3n) is 5.22. The molecule has 128 valence electrons. The Morgan fingerprint density at radius 2 is 2.08 bits per heavy atom. The Labute approximate surface area is 141 Å². The Morgan fingerprint density at radius 3 is 2.79 bits per heavy atom. The molecule has 1 saturated heterocycles. The maximum absolute atomic E-state index is 12.8. The minimum Gasteiger partial charge on any atom is -0.324 e. The molecule has 0 unspecified atom stereocenters. The van der Waals surface area contributed by atoms with Crippen molar-refractivity contribution in [3.63, 3.8) is 0 Å². The van der Waals surface area contributed by atoms with E-state index in [0.717, 1.165) is 29.7 Å². The molecule has 3 rings (SSSR count). The lowest BCUT2D eigenvalue weighted by Crippen LogP contribution is -2.54. The number of amides is 4. The summed E-state index contributed by atoms with van der Waals surface area (Å²) in [7, 11) is 0. The van der Waals surface area contributed by atoms with Crippen molar-refractivity contribution in [2.45, 2.75) is 45.1 Å². The van der Waals surface area contributed by atoms with E-state index in [1.165, 1.54) is 0 Å². The van der Waals surface area contributed by atoms with E-state index in [1.54, 1.807) is 6.07 Å². The molecule has 1 aromatic rings. The Kier molecular flexibility index (Phi) is 4.30. The Bertz CT molecular complexity index is 688. The molecule has 0 radical (unpaired) electrons. The number of nitrogens with zero attached hydrogens (tertiary/aromatic N) is 1. The van der Waals surface area contributed by atoms with Crippen LogP contribution < -0.4 is 10.6 Å². The van der Waals surface area contributed by atoms with Crippen LogP contribution in [-0.4, -0.2) is 34.8 Å². The van der Waals surface area contributed by atoms with E-state index in [1.807, 2.05) is 32.0 Å². The number of anilines is 1. The van der Waals surface area contributed by atoms with Gasteiger partial charge in [0.25, 0.3) is 5.91 Å². The van der Waals surface area contributed by atoms with Gasteiger partial charge in [-0.15, -0.1) is 0 Å². The first-order valence-corrected chi connectivity index (χ1v) is 8.43. The van der Waals surface area contributed by atoms with E-state index in [4.69, 9.17) is 0 Å². The molecule has 0 bridgehead atoms. The molecule has 1 spiro atoms. The summed E-state index contributed by atoms with van der Waals surface area (Å²) in [6.45, 7) is 3.63. The highest BCUT2D eigenvalue weighted by molar-refractivity contribution is 6.10. The van der Waals surface area contributed by atoms with Gasteiger partial charge in [0.1, 0.15) is 12.1 Å². The normalized spacial score (nSPS) is 26.6. The number of urea groups is 1. The summed E-state index contributed by atoms with van der Waals surface area (Å²) in [5, 5.41) is 5.62. The fourth-order valence-electron chi connectivity index (χ4n) is 3.69. The summed E-state index contributed by atoms with van der Waals surface area (Å²) >= 11 is 0. The van der Waals surface area contributed by atoms with Crippen LogP contribution in [-0.2, 0) is 9.59 Å². The first-order valence-electron chi connectivity index (χ1n) is 8.43. The monoisotopic (exact) mass is 329 g/mol. The van der Waals surface area contributed by atoms with Crippen molar-refractivity contribution in [2.24, 2.45) is 5.92 Å². The lowest BCUT2D eigenvalue weighted by molar-refractivity contribution is -0.136. The molecule has 1 aliphatic heterocycles. The van der Waals surface area contributed by atoms with Crippen LogP contribution in [0.1, 0.15) is 38.2 Å². The van der Waals surface area contributed by atoms with Crippen LogP contribution in [0.5, 0.6) is 0 Å². The number of carbonyl (C=O) groups excluding carboxylic acids is 3. The first kappa shape index (κ1) is 16.5. The highest BCUT2D eigenvalue weighted by atomic mass is 16.2. The molecule has 2 fully saturated rings. The van der Waals surface area contributed by atoms with Crippen molar-refractivity contribution >= 4 is 23.5 Å². The number of imide groups is 1. The average Bonchev–Trinajstić information content (AvgIpc) is 2.78. The Morgan fingerprint density at radius 1 is 1.33 bits per heavy atom. The van der Waals surface area contributed by atoms with Crippen molar-refractivity contribution in [1.29, 1.82) is 0 Å². The maximum Gasteiger partial charge on any atom is 0.325 e. The number of carbonyl (C=O) groups is 3. The Balaban J connectivity index is 1.71. The summed E-state index contributed by atoms with van der Waals surface area (Å²) in [5.74, 6) is -0.542. The SMILES string of the molecule is Cc1ccccc1NC(=O)CN1C(=O)N[C@]2(CCCC[C@H]2C)C1=O. The van der Waals surface area contributed by atoms with Crippen LogP contribution >= 0.6 is 0 Å². The number of hydrogen-bond acceptors (Lipinski definition) is 3. The lowest BCUT2D eigenvalue weighted by Gasteiger charge is -2.36. The number of aryl methyl sites for hydroxylation is 1. The molecule has 6 heteroatoms. The van der Waals surface area contributed by atoms with Gasteiger partial charge in [-0.25, -0.2) is 4.79 Å². The number of hydrogen-bond donors (Lipinski definition) is 2. The molecule has 1 aromatic carbocycles. The zero-order valence-corrected chi connectivity index (χ0v) is 14.1. The van der Waals surface area contributed by atoms with E-state index in [0.29, 0.717) is 12.1 Å². The van der Waals surface area contributed by atoms with E-state index >= 15 is 0 Å². The second-order valence-corrected chi connectivity index (χ2v) is 6.80. The van der Waals surface area contributed by atoms with E-state index in [-0.39, 0.29) is 24.3 Å². The average molecular weight is 329 g/mol. The highest BCUT2D eigenvalue weighted by Crippen LogP contribution is 2.38. The van der Waals surface area contributed by atoms with Gasteiger partial charge in [-0.3, -0.25) is 14.5 Å². The van der Waals surface area contributed by atoms with Crippen molar-refractivity contribution in [3.8, 4) is 0 Å². The van der Waals surface area contributed by atoms with Crippen LogP contribution in [0, 0.1) is 12.8 Å². The molecule has 6 nitrogen and oxygen atoms in total. The van der Waals surface area contributed by atoms with Crippen LogP contribution in [0.25, 0.3) is 0 Å². The largest absolute Gasteiger partial charge is 0.325 e. The van der Waals surface area contributed by atoms with Gasteiger partial charge >= 0.3 is 6.03 Å². The fraction of sp³-hybridized carbons (Fsp3) is 0.500. The van der Waals surface area contributed by atoms with Gasteiger partial charge in [0.2, 0.25) is 5.91 Å². The van der Waals surface area contributed by atoms with Gasteiger partial charge in [-0.1, -0.05) is 38.0 Å². The quantitative estimate of drug-likeness (QED) is 0.836. The first-order chi connectivity index (χ1) is 11.4. The van der Waals surface area contributed by atoms with Gasteiger partial charge in [0.05, 0.1) is 0 Å². The fourth-order valence-corrected chi connectivity index (χ4v) is 3.69. The molecular formula is C18H23N3O3. The van der Waals surface area contributed by atoms with Crippen LogP contribution in [0.4, 0.5) is 10.5 Å². The maximum atomic E-state index is 12.8. The number of para-hydroxylation sites is 1. The smallest absolute Gasteiger partial charge is 0.324 e. The van der Waals surface area contributed by atoms with Gasteiger partial charge in [0.15, 0.2) is 0 Å². The summed E-state index contributed by atoms with van der Waals surface area (Å²) < 4.78 is 0. The predicted octanol–water partition coefficient (Wildman–Crippen LogP) is 2.43. The molecule has 24 heavy (non-hydrogen) atoms. The molecule has 0 aromatic heterocycles.